The Bertz CT molecular complexity index is 971. The second-order valence-corrected chi connectivity index (χ2v) is 6.37. The fraction of sp³-hybridized carbons (Fsp3) is 0.167. The van der Waals surface area contributed by atoms with E-state index < -0.39 is 5.97 Å². The molecule has 0 aliphatic heterocycles. The molecule has 0 saturated heterocycles. The summed E-state index contributed by atoms with van der Waals surface area (Å²) in [7, 11) is 1.59. The highest BCUT2D eigenvalue weighted by Gasteiger charge is 2.09. The van der Waals surface area contributed by atoms with Crippen LogP contribution >= 0.6 is 0 Å². The van der Waals surface area contributed by atoms with Crippen molar-refractivity contribution < 1.29 is 28.5 Å². The number of nitrogens with one attached hydrogen (secondary N) is 1. The molecule has 7 heteroatoms. The Labute approximate surface area is 180 Å². The zero-order valence-electron chi connectivity index (χ0n) is 17.1. The van der Waals surface area contributed by atoms with Crippen LogP contribution in [0.2, 0.25) is 0 Å². The van der Waals surface area contributed by atoms with E-state index in [1.54, 1.807) is 55.6 Å². The molecule has 0 heterocycles. The second-order valence-electron chi connectivity index (χ2n) is 6.37. The smallest absolute Gasteiger partial charge is 0.325 e. The topological polar surface area (TPSA) is 83.1 Å². The minimum atomic E-state index is -0.546. The number of ether oxygens (including phenoxy) is 4. The van der Waals surface area contributed by atoms with Gasteiger partial charge in [0.25, 0.3) is 5.91 Å². The maximum Gasteiger partial charge on any atom is 0.325 e. The molecule has 1 N–H and O–H groups in total. The van der Waals surface area contributed by atoms with E-state index in [2.05, 4.69) is 5.32 Å². The van der Waals surface area contributed by atoms with Crippen molar-refractivity contribution in [2.24, 2.45) is 0 Å². The van der Waals surface area contributed by atoms with E-state index in [1.807, 2.05) is 30.3 Å². The first-order chi connectivity index (χ1) is 15.1. The largest absolute Gasteiger partial charge is 0.497 e. The molecule has 0 aliphatic rings. The lowest BCUT2D eigenvalue weighted by molar-refractivity contribution is -0.143. The van der Waals surface area contributed by atoms with Gasteiger partial charge in [-0.3, -0.25) is 9.59 Å². The van der Waals surface area contributed by atoms with Crippen molar-refractivity contribution in [3.05, 3.63) is 84.4 Å². The molecule has 0 saturated carbocycles. The minimum absolute atomic E-state index is 0.0756. The summed E-state index contributed by atoms with van der Waals surface area (Å²) < 4.78 is 21.3. The molecule has 0 unspecified atom stereocenters. The van der Waals surface area contributed by atoms with Crippen LogP contribution in [0.25, 0.3) is 0 Å². The van der Waals surface area contributed by atoms with Gasteiger partial charge in [0.2, 0.25) is 0 Å². The predicted octanol–water partition coefficient (Wildman–Crippen LogP) is 3.84. The van der Waals surface area contributed by atoms with Gasteiger partial charge in [-0.1, -0.05) is 18.2 Å². The molecule has 0 radical (unpaired) electrons. The summed E-state index contributed by atoms with van der Waals surface area (Å²) in [4.78, 5) is 24.0. The zero-order valence-corrected chi connectivity index (χ0v) is 17.1. The molecule has 0 aromatic heterocycles. The van der Waals surface area contributed by atoms with Gasteiger partial charge >= 0.3 is 5.97 Å². The molecule has 0 spiro atoms. The van der Waals surface area contributed by atoms with Crippen LogP contribution in [0.5, 0.6) is 23.0 Å². The summed E-state index contributed by atoms with van der Waals surface area (Å²) >= 11 is 0. The fourth-order valence-electron chi connectivity index (χ4n) is 2.59. The fourth-order valence-corrected chi connectivity index (χ4v) is 2.59. The molecule has 3 aromatic carbocycles. The number of para-hydroxylation sites is 1. The van der Waals surface area contributed by atoms with Gasteiger partial charge in [-0.25, -0.2) is 0 Å². The SMILES string of the molecule is COc1ccc(OCCOC(=O)CNC(=O)c2ccc(Oc3ccccc3)cc2)cc1. The van der Waals surface area contributed by atoms with Crippen LogP contribution in [0.3, 0.4) is 0 Å². The van der Waals surface area contributed by atoms with Gasteiger partial charge in [0.1, 0.15) is 42.8 Å². The second kappa shape index (κ2) is 11.3. The van der Waals surface area contributed by atoms with Gasteiger partial charge in [-0.05, 0) is 60.7 Å². The van der Waals surface area contributed by atoms with E-state index in [1.165, 1.54) is 0 Å². The van der Waals surface area contributed by atoms with E-state index >= 15 is 0 Å². The molecule has 0 atom stereocenters. The van der Waals surface area contributed by atoms with Gasteiger partial charge in [0.05, 0.1) is 7.11 Å². The van der Waals surface area contributed by atoms with Crippen LogP contribution in [0.15, 0.2) is 78.9 Å². The summed E-state index contributed by atoms with van der Waals surface area (Å²) in [5.41, 5.74) is 0.413. The molecule has 0 aliphatic carbocycles. The molecular weight excluding hydrogens is 398 g/mol. The van der Waals surface area contributed by atoms with Gasteiger partial charge in [0.15, 0.2) is 0 Å². The first kappa shape index (κ1) is 21.7. The number of hydrogen-bond donors (Lipinski definition) is 1. The highest BCUT2D eigenvalue weighted by molar-refractivity contribution is 5.96. The van der Waals surface area contributed by atoms with Crippen molar-refractivity contribution in [2.75, 3.05) is 26.9 Å². The van der Waals surface area contributed by atoms with Gasteiger partial charge in [-0.2, -0.15) is 0 Å². The predicted molar refractivity (Wildman–Crippen MR) is 115 cm³/mol. The van der Waals surface area contributed by atoms with Crippen LogP contribution in [-0.4, -0.2) is 38.7 Å². The quantitative estimate of drug-likeness (QED) is 0.396. The van der Waals surface area contributed by atoms with Crippen molar-refractivity contribution in [2.45, 2.75) is 0 Å². The lowest BCUT2D eigenvalue weighted by atomic mass is 10.2. The Morgan fingerprint density at radius 1 is 0.742 bits per heavy atom. The Balaban J connectivity index is 1.35. The maximum atomic E-state index is 12.2. The number of benzene rings is 3. The molecular formula is C24H23NO6. The number of amides is 1. The summed E-state index contributed by atoms with van der Waals surface area (Å²) in [6.07, 6.45) is 0. The third-order valence-electron chi connectivity index (χ3n) is 4.16. The third kappa shape index (κ3) is 7.08. The first-order valence-electron chi connectivity index (χ1n) is 9.67. The normalized spacial score (nSPS) is 10.1. The van der Waals surface area contributed by atoms with Crippen LogP contribution in [-0.2, 0) is 9.53 Å². The molecule has 0 fully saturated rings. The number of hydrogen-bond acceptors (Lipinski definition) is 6. The van der Waals surface area contributed by atoms with Crippen LogP contribution in [0.1, 0.15) is 10.4 Å². The van der Waals surface area contributed by atoms with Crippen molar-refractivity contribution in [1.29, 1.82) is 0 Å². The number of esters is 1. The zero-order chi connectivity index (χ0) is 21.9. The van der Waals surface area contributed by atoms with E-state index in [9.17, 15) is 9.59 Å². The van der Waals surface area contributed by atoms with E-state index in [0.29, 0.717) is 22.8 Å². The van der Waals surface area contributed by atoms with Crippen molar-refractivity contribution in [1.82, 2.24) is 5.32 Å². The van der Waals surface area contributed by atoms with Crippen molar-refractivity contribution in [3.8, 4) is 23.0 Å². The van der Waals surface area contributed by atoms with Gasteiger partial charge in [-0.15, -0.1) is 0 Å². The number of carbonyl (C=O) groups is 2. The third-order valence-corrected chi connectivity index (χ3v) is 4.16. The van der Waals surface area contributed by atoms with Crippen LogP contribution in [0, 0.1) is 0 Å². The highest BCUT2D eigenvalue weighted by atomic mass is 16.6. The Morgan fingerprint density at radius 2 is 1.35 bits per heavy atom. The van der Waals surface area contributed by atoms with Crippen molar-refractivity contribution >= 4 is 11.9 Å². The Hall–Kier alpha value is -4.00. The minimum Gasteiger partial charge on any atom is -0.497 e. The van der Waals surface area contributed by atoms with Crippen LogP contribution < -0.4 is 19.5 Å². The summed E-state index contributed by atoms with van der Waals surface area (Å²) in [6.45, 7) is 0.0464. The molecule has 31 heavy (non-hydrogen) atoms. The molecule has 160 valence electrons. The molecule has 7 nitrogen and oxygen atoms in total. The number of carbonyl (C=O) groups excluding carboxylic acids is 2. The van der Waals surface area contributed by atoms with Crippen LogP contribution in [0.4, 0.5) is 0 Å². The summed E-state index contributed by atoms with van der Waals surface area (Å²) in [6, 6.07) is 23.0. The number of rotatable bonds is 10. The van der Waals surface area contributed by atoms with Crippen molar-refractivity contribution in [3.63, 3.8) is 0 Å². The monoisotopic (exact) mass is 421 g/mol. The maximum absolute atomic E-state index is 12.2. The standard InChI is InChI=1S/C24H23NO6/c1-28-19-11-13-20(14-12-19)29-15-16-30-23(26)17-25-24(27)18-7-9-22(10-8-18)31-21-5-3-2-4-6-21/h2-14H,15-17H2,1H3,(H,25,27). The average molecular weight is 421 g/mol. The Kier molecular flexibility index (Phi) is 7.88. The lowest BCUT2D eigenvalue weighted by Crippen LogP contribution is -2.31. The number of methoxy groups -OCH3 is 1. The van der Waals surface area contributed by atoms with E-state index in [-0.39, 0.29) is 25.7 Å². The van der Waals surface area contributed by atoms with E-state index in [0.717, 1.165) is 5.75 Å². The molecule has 3 aromatic rings. The highest BCUT2D eigenvalue weighted by Crippen LogP contribution is 2.21. The Morgan fingerprint density at radius 3 is 2.03 bits per heavy atom. The average Bonchev–Trinajstić information content (AvgIpc) is 2.82. The molecule has 1 amide bonds. The lowest BCUT2D eigenvalue weighted by Gasteiger charge is -2.09. The first-order valence-corrected chi connectivity index (χ1v) is 9.67. The summed E-state index contributed by atoms with van der Waals surface area (Å²) in [5, 5.41) is 2.53. The van der Waals surface area contributed by atoms with Gasteiger partial charge < -0.3 is 24.3 Å². The molecule has 3 rings (SSSR count). The molecule has 0 bridgehead atoms. The van der Waals surface area contributed by atoms with Gasteiger partial charge in [0, 0.05) is 5.56 Å². The summed E-state index contributed by atoms with van der Waals surface area (Å²) in [5.74, 6) is 1.77. The van der Waals surface area contributed by atoms with E-state index in [4.69, 9.17) is 18.9 Å².